The Balaban J connectivity index is 1.52. The molecule has 7 heteroatoms. The second-order valence-corrected chi connectivity index (χ2v) is 6.87. The van der Waals surface area contributed by atoms with Crippen LogP contribution in [0.2, 0.25) is 0 Å². The Kier molecular flexibility index (Phi) is 4.19. The molecule has 4 rings (SSSR count). The van der Waals surface area contributed by atoms with Crippen molar-refractivity contribution in [1.29, 1.82) is 0 Å². The van der Waals surface area contributed by atoms with Crippen molar-refractivity contribution in [3.63, 3.8) is 0 Å². The molecule has 3 aromatic rings. The molecule has 1 aliphatic rings. The van der Waals surface area contributed by atoms with Crippen LogP contribution in [-0.2, 0) is 13.6 Å². The molecular weight excluding hydrogens is 318 g/mol. The normalized spacial score (nSPS) is 21.2. The third kappa shape index (κ3) is 3.12. The van der Waals surface area contributed by atoms with Crippen LogP contribution in [0.15, 0.2) is 35.1 Å². The van der Waals surface area contributed by atoms with Gasteiger partial charge in [0.1, 0.15) is 11.5 Å². The number of aliphatic hydroxyl groups is 1. The first-order valence-corrected chi connectivity index (χ1v) is 8.55. The summed E-state index contributed by atoms with van der Waals surface area (Å²) in [5.74, 6) is 2.23. The standard InChI is InChI=1S/C18H23N5O2/c1-12-3-4-17(25-12)18-14(5-19-21-18)8-23-9-15(11-24)16(10-23)13-6-20-22(2)7-13/h3-7,15-16,24H,8-11H2,1-2H3,(H,19,21)/t15-,16-/m0/s1. The highest BCUT2D eigenvalue weighted by atomic mass is 16.3. The molecular formula is C18H23N5O2. The molecule has 7 nitrogen and oxygen atoms in total. The maximum Gasteiger partial charge on any atom is 0.152 e. The highest BCUT2D eigenvalue weighted by Gasteiger charge is 2.34. The van der Waals surface area contributed by atoms with Crippen LogP contribution >= 0.6 is 0 Å². The predicted octanol–water partition coefficient (Wildman–Crippen LogP) is 1.92. The van der Waals surface area contributed by atoms with Gasteiger partial charge in [-0.15, -0.1) is 0 Å². The molecule has 1 fully saturated rings. The van der Waals surface area contributed by atoms with Gasteiger partial charge in [0.05, 0.1) is 12.4 Å². The number of H-pyrrole nitrogens is 1. The molecule has 1 aliphatic heterocycles. The van der Waals surface area contributed by atoms with E-state index >= 15 is 0 Å². The Hall–Kier alpha value is -2.38. The van der Waals surface area contributed by atoms with Crippen LogP contribution in [0, 0.1) is 12.8 Å². The molecule has 3 aromatic heterocycles. The molecule has 2 N–H and O–H groups in total. The fourth-order valence-corrected chi connectivity index (χ4v) is 3.74. The van der Waals surface area contributed by atoms with Gasteiger partial charge in [-0.05, 0) is 24.6 Å². The first-order valence-electron chi connectivity index (χ1n) is 8.55. The maximum absolute atomic E-state index is 9.80. The molecule has 0 spiro atoms. The third-order valence-electron chi connectivity index (χ3n) is 5.00. The molecule has 1 saturated heterocycles. The maximum atomic E-state index is 9.80. The van der Waals surface area contributed by atoms with Crippen molar-refractivity contribution in [3.05, 3.63) is 47.6 Å². The fraction of sp³-hybridized carbons (Fsp3) is 0.444. The minimum Gasteiger partial charge on any atom is -0.460 e. The van der Waals surface area contributed by atoms with Gasteiger partial charge in [-0.3, -0.25) is 14.7 Å². The van der Waals surface area contributed by atoms with Gasteiger partial charge in [-0.2, -0.15) is 10.2 Å². The minimum atomic E-state index is 0.186. The topological polar surface area (TPSA) is 83.1 Å². The van der Waals surface area contributed by atoms with Gasteiger partial charge in [0.2, 0.25) is 0 Å². The molecule has 0 aromatic carbocycles. The third-order valence-corrected chi connectivity index (χ3v) is 5.00. The zero-order valence-electron chi connectivity index (χ0n) is 14.5. The Morgan fingerprint density at radius 3 is 2.88 bits per heavy atom. The summed E-state index contributed by atoms with van der Waals surface area (Å²) in [4.78, 5) is 2.36. The minimum absolute atomic E-state index is 0.186. The van der Waals surface area contributed by atoms with Crippen LogP contribution in [0.1, 0.15) is 22.8 Å². The van der Waals surface area contributed by atoms with E-state index in [9.17, 15) is 5.11 Å². The van der Waals surface area contributed by atoms with E-state index in [2.05, 4.69) is 20.2 Å². The highest BCUT2D eigenvalue weighted by Crippen LogP contribution is 2.34. The lowest BCUT2D eigenvalue weighted by atomic mass is 9.92. The summed E-state index contributed by atoms with van der Waals surface area (Å²) in [6.07, 6.45) is 5.82. The summed E-state index contributed by atoms with van der Waals surface area (Å²) in [5.41, 5.74) is 3.23. The lowest BCUT2D eigenvalue weighted by Gasteiger charge is -2.15. The van der Waals surface area contributed by atoms with Crippen LogP contribution in [0.5, 0.6) is 0 Å². The van der Waals surface area contributed by atoms with Crippen LogP contribution in [0.25, 0.3) is 11.5 Å². The number of aromatic nitrogens is 4. The molecule has 0 aliphatic carbocycles. The van der Waals surface area contributed by atoms with E-state index in [-0.39, 0.29) is 12.5 Å². The average Bonchev–Trinajstić information content (AvgIpc) is 3.34. The Labute approximate surface area is 146 Å². The number of aliphatic hydroxyl groups excluding tert-OH is 1. The van der Waals surface area contributed by atoms with Gasteiger partial charge >= 0.3 is 0 Å². The summed E-state index contributed by atoms with van der Waals surface area (Å²) in [6, 6.07) is 3.92. The number of rotatable bonds is 5. The zero-order chi connectivity index (χ0) is 17.4. The summed E-state index contributed by atoms with van der Waals surface area (Å²) >= 11 is 0. The van der Waals surface area contributed by atoms with Gasteiger partial charge in [-0.1, -0.05) is 0 Å². The van der Waals surface area contributed by atoms with Crippen LogP contribution in [0.3, 0.4) is 0 Å². The molecule has 0 radical (unpaired) electrons. The number of hydrogen-bond acceptors (Lipinski definition) is 5. The lowest BCUT2D eigenvalue weighted by Crippen LogP contribution is -2.21. The number of likely N-dealkylation sites (tertiary alicyclic amines) is 1. The SMILES string of the molecule is Cc1ccc(-c2[nH]ncc2CN2C[C@@H](CO)[C@H](c3cnn(C)c3)C2)o1. The Morgan fingerprint density at radius 2 is 2.20 bits per heavy atom. The molecule has 0 unspecified atom stereocenters. The van der Waals surface area contributed by atoms with Crippen LogP contribution in [-0.4, -0.2) is 49.7 Å². The largest absolute Gasteiger partial charge is 0.460 e. The summed E-state index contributed by atoms with van der Waals surface area (Å²) < 4.78 is 7.55. The van der Waals surface area contributed by atoms with E-state index in [0.29, 0.717) is 5.92 Å². The van der Waals surface area contributed by atoms with Gasteiger partial charge in [-0.25, -0.2) is 0 Å². The van der Waals surface area contributed by atoms with Crippen molar-refractivity contribution in [1.82, 2.24) is 24.9 Å². The molecule has 4 heterocycles. The summed E-state index contributed by atoms with van der Waals surface area (Å²) in [6.45, 7) is 4.66. The Morgan fingerprint density at radius 1 is 1.32 bits per heavy atom. The first kappa shape index (κ1) is 16.1. The van der Waals surface area contributed by atoms with Crippen LogP contribution in [0.4, 0.5) is 0 Å². The van der Waals surface area contributed by atoms with E-state index in [1.54, 1.807) is 0 Å². The fourth-order valence-electron chi connectivity index (χ4n) is 3.74. The monoisotopic (exact) mass is 341 g/mol. The number of aryl methyl sites for hydroxylation is 2. The molecule has 0 saturated carbocycles. The summed E-state index contributed by atoms with van der Waals surface area (Å²) in [7, 11) is 1.92. The number of nitrogens with zero attached hydrogens (tertiary/aromatic N) is 4. The second kappa shape index (κ2) is 6.50. The molecule has 0 amide bonds. The van der Waals surface area contributed by atoms with Crippen molar-refractivity contribution in [2.24, 2.45) is 13.0 Å². The van der Waals surface area contributed by atoms with E-state index in [1.165, 1.54) is 5.56 Å². The van der Waals surface area contributed by atoms with Crippen molar-refractivity contribution < 1.29 is 9.52 Å². The van der Waals surface area contributed by atoms with E-state index in [1.807, 2.05) is 49.4 Å². The molecule has 2 atom stereocenters. The van der Waals surface area contributed by atoms with Gasteiger partial charge in [0.15, 0.2) is 5.76 Å². The Bertz CT molecular complexity index is 849. The number of furan rings is 1. The van der Waals surface area contributed by atoms with E-state index < -0.39 is 0 Å². The van der Waals surface area contributed by atoms with Gasteiger partial charge < -0.3 is 9.52 Å². The highest BCUT2D eigenvalue weighted by molar-refractivity contribution is 5.56. The van der Waals surface area contributed by atoms with Crippen molar-refractivity contribution in [3.8, 4) is 11.5 Å². The van der Waals surface area contributed by atoms with Gasteiger partial charge in [0, 0.05) is 56.9 Å². The summed E-state index contributed by atoms with van der Waals surface area (Å²) in [5, 5.41) is 21.3. The van der Waals surface area contributed by atoms with Crippen LogP contribution < -0.4 is 0 Å². The lowest BCUT2D eigenvalue weighted by molar-refractivity contribution is 0.214. The molecule has 132 valence electrons. The predicted molar refractivity (Wildman–Crippen MR) is 92.8 cm³/mol. The quantitative estimate of drug-likeness (QED) is 0.741. The zero-order valence-corrected chi connectivity index (χ0v) is 14.5. The number of hydrogen-bond donors (Lipinski definition) is 2. The average molecular weight is 341 g/mol. The van der Waals surface area contributed by atoms with Crippen molar-refractivity contribution >= 4 is 0 Å². The second-order valence-electron chi connectivity index (χ2n) is 6.87. The smallest absolute Gasteiger partial charge is 0.152 e. The van der Waals surface area contributed by atoms with Gasteiger partial charge in [0.25, 0.3) is 0 Å². The molecule has 0 bridgehead atoms. The molecule has 25 heavy (non-hydrogen) atoms. The number of aromatic amines is 1. The van der Waals surface area contributed by atoms with E-state index in [4.69, 9.17) is 4.42 Å². The van der Waals surface area contributed by atoms with Crippen molar-refractivity contribution in [2.45, 2.75) is 19.4 Å². The van der Waals surface area contributed by atoms with E-state index in [0.717, 1.165) is 42.4 Å². The first-order chi connectivity index (χ1) is 12.1. The van der Waals surface area contributed by atoms with Crippen molar-refractivity contribution in [2.75, 3.05) is 19.7 Å². The number of nitrogens with one attached hydrogen (secondary N) is 1.